The first-order valence-electron chi connectivity index (χ1n) is 8.81. The minimum Gasteiger partial charge on any atom is -0.462 e. The number of ether oxygens (including phenoxy) is 1. The van der Waals surface area contributed by atoms with Crippen LogP contribution >= 0.6 is 23.1 Å². The van der Waals surface area contributed by atoms with Crippen LogP contribution < -0.4 is 4.90 Å². The second kappa shape index (κ2) is 9.08. The van der Waals surface area contributed by atoms with Crippen LogP contribution in [0.4, 0.5) is 5.69 Å². The Morgan fingerprint density at radius 3 is 2.32 bits per heavy atom. The molecular formula is C22H21NO3S2. The van der Waals surface area contributed by atoms with E-state index in [4.69, 9.17) is 4.74 Å². The molecule has 0 N–H and O–H groups in total. The number of anilines is 1. The molecule has 3 rings (SSSR count). The molecule has 0 aliphatic heterocycles. The number of thioether (sulfide) groups is 1. The molecule has 0 spiro atoms. The maximum absolute atomic E-state index is 12.3. The number of hydrogen-bond acceptors (Lipinski definition) is 5. The summed E-state index contributed by atoms with van der Waals surface area (Å²) in [4.78, 5) is 27.5. The molecule has 0 saturated heterocycles. The predicted octanol–water partition coefficient (Wildman–Crippen LogP) is 5.57. The Kier molecular flexibility index (Phi) is 6.54. The first-order chi connectivity index (χ1) is 13.6. The van der Waals surface area contributed by atoms with Gasteiger partial charge >= 0.3 is 5.97 Å². The Balaban J connectivity index is 2.07. The summed E-state index contributed by atoms with van der Waals surface area (Å²) >= 11 is 3.11. The van der Waals surface area contributed by atoms with Gasteiger partial charge in [-0.05, 0) is 54.6 Å². The Bertz CT molecular complexity index is 962. The van der Waals surface area contributed by atoms with Gasteiger partial charge in [0, 0.05) is 28.1 Å². The SMILES string of the molecule is CCOC(=O)c1cc(-c2ccc(SC)cc2)c(-c2ccc(N(C)C=O)cc2)s1. The molecule has 1 heterocycles. The molecule has 0 aliphatic carbocycles. The molecule has 0 fully saturated rings. The lowest BCUT2D eigenvalue weighted by molar-refractivity contribution is -0.107. The molecule has 0 aliphatic rings. The van der Waals surface area contributed by atoms with Gasteiger partial charge in [0.2, 0.25) is 6.41 Å². The van der Waals surface area contributed by atoms with Crippen molar-refractivity contribution in [2.75, 3.05) is 24.8 Å². The van der Waals surface area contributed by atoms with Gasteiger partial charge in [0.1, 0.15) is 4.88 Å². The Labute approximate surface area is 173 Å². The predicted molar refractivity (Wildman–Crippen MR) is 117 cm³/mol. The van der Waals surface area contributed by atoms with Crippen LogP contribution in [0.3, 0.4) is 0 Å². The van der Waals surface area contributed by atoms with E-state index >= 15 is 0 Å². The van der Waals surface area contributed by atoms with Crippen LogP contribution in [0.2, 0.25) is 0 Å². The van der Waals surface area contributed by atoms with E-state index in [1.54, 1.807) is 25.7 Å². The molecule has 3 aromatic rings. The molecule has 0 atom stereocenters. The molecule has 2 aromatic carbocycles. The average molecular weight is 412 g/mol. The van der Waals surface area contributed by atoms with E-state index in [1.807, 2.05) is 36.6 Å². The van der Waals surface area contributed by atoms with Crippen molar-refractivity contribution < 1.29 is 14.3 Å². The number of benzene rings is 2. The van der Waals surface area contributed by atoms with Crippen LogP contribution in [0, 0.1) is 0 Å². The molecule has 4 nitrogen and oxygen atoms in total. The van der Waals surface area contributed by atoms with E-state index < -0.39 is 0 Å². The Morgan fingerprint density at radius 1 is 1.11 bits per heavy atom. The summed E-state index contributed by atoms with van der Waals surface area (Å²) < 4.78 is 5.19. The number of carbonyl (C=O) groups is 2. The zero-order valence-electron chi connectivity index (χ0n) is 16.0. The van der Waals surface area contributed by atoms with Crippen molar-refractivity contribution in [2.24, 2.45) is 0 Å². The summed E-state index contributed by atoms with van der Waals surface area (Å²) in [6.45, 7) is 2.15. The van der Waals surface area contributed by atoms with Crippen molar-refractivity contribution in [3.63, 3.8) is 0 Å². The Morgan fingerprint density at radius 2 is 1.75 bits per heavy atom. The molecule has 28 heavy (non-hydrogen) atoms. The molecule has 0 saturated carbocycles. The van der Waals surface area contributed by atoms with E-state index in [-0.39, 0.29) is 5.97 Å². The van der Waals surface area contributed by atoms with Crippen LogP contribution in [0.5, 0.6) is 0 Å². The van der Waals surface area contributed by atoms with Gasteiger partial charge < -0.3 is 9.64 Å². The van der Waals surface area contributed by atoms with Gasteiger partial charge in [-0.2, -0.15) is 0 Å². The van der Waals surface area contributed by atoms with Gasteiger partial charge in [-0.15, -0.1) is 23.1 Å². The van der Waals surface area contributed by atoms with Crippen LogP contribution in [0.1, 0.15) is 16.6 Å². The molecular weight excluding hydrogens is 390 g/mol. The van der Waals surface area contributed by atoms with Crippen molar-refractivity contribution in [1.82, 2.24) is 0 Å². The lowest BCUT2D eigenvalue weighted by Gasteiger charge is -2.11. The molecule has 0 radical (unpaired) electrons. The summed E-state index contributed by atoms with van der Waals surface area (Å²) in [5.74, 6) is -0.307. The number of nitrogens with zero attached hydrogens (tertiary/aromatic N) is 1. The molecule has 6 heteroatoms. The van der Waals surface area contributed by atoms with E-state index in [2.05, 4.69) is 24.3 Å². The zero-order valence-corrected chi connectivity index (χ0v) is 17.6. The maximum atomic E-state index is 12.3. The minimum absolute atomic E-state index is 0.307. The zero-order chi connectivity index (χ0) is 20.1. The summed E-state index contributed by atoms with van der Waals surface area (Å²) in [6, 6.07) is 17.9. The van der Waals surface area contributed by atoms with Crippen molar-refractivity contribution >= 4 is 41.2 Å². The largest absolute Gasteiger partial charge is 0.462 e. The highest BCUT2D eigenvalue weighted by molar-refractivity contribution is 7.98. The summed E-state index contributed by atoms with van der Waals surface area (Å²) in [6.07, 6.45) is 2.82. The first-order valence-corrected chi connectivity index (χ1v) is 10.9. The number of amides is 1. The number of thiophene rings is 1. The normalized spacial score (nSPS) is 10.5. The maximum Gasteiger partial charge on any atom is 0.348 e. The fraction of sp³-hybridized carbons (Fsp3) is 0.182. The second-order valence-corrected chi connectivity index (χ2v) is 8.00. The van der Waals surface area contributed by atoms with E-state index in [0.29, 0.717) is 11.5 Å². The molecule has 0 bridgehead atoms. The monoisotopic (exact) mass is 411 g/mol. The van der Waals surface area contributed by atoms with Crippen molar-refractivity contribution in [2.45, 2.75) is 11.8 Å². The van der Waals surface area contributed by atoms with Gasteiger partial charge in [0.25, 0.3) is 0 Å². The number of hydrogen-bond donors (Lipinski definition) is 0. The fourth-order valence-corrected chi connectivity index (χ4v) is 4.29. The third-order valence-corrected chi connectivity index (χ3v) is 6.21. The van der Waals surface area contributed by atoms with Crippen molar-refractivity contribution in [3.8, 4) is 21.6 Å². The first kappa shape index (κ1) is 20.2. The molecule has 144 valence electrons. The standard InChI is InChI=1S/C22H21NO3S2/c1-4-26-22(25)20-13-19(15-7-11-18(27-3)12-8-15)21(28-20)16-5-9-17(10-6-16)23(2)14-24/h5-14H,4H2,1-3H3. The highest BCUT2D eigenvalue weighted by Gasteiger charge is 2.18. The number of rotatable bonds is 7. The van der Waals surface area contributed by atoms with Gasteiger partial charge in [0.15, 0.2) is 0 Å². The number of carbonyl (C=O) groups excluding carboxylic acids is 2. The summed E-state index contributed by atoms with van der Waals surface area (Å²) in [7, 11) is 1.71. The molecule has 1 aromatic heterocycles. The third-order valence-electron chi connectivity index (χ3n) is 4.30. The lowest BCUT2D eigenvalue weighted by atomic mass is 10.0. The van der Waals surface area contributed by atoms with E-state index in [1.165, 1.54) is 21.1 Å². The van der Waals surface area contributed by atoms with Gasteiger partial charge in [-0.25, -0.2) is 4.79 Å². The van der Waals surface area contributed by atoms with Crippen LogP contribution in [-0.4, -0.2) is 32.3 Å². The van der Waals surface area contributed by atoms with Crippen molar-refractivity contribution in [1.29, 1.82) is 0 Å². The topological polar surface area (TPSA) is 46.6 Å². The third kappa shape index (κ3) is 4.29. The lowest BCUT2D eigenvalue weighted by Crippen LogP contribution is -2.13. The summed E-state index contributed by atoms with van der Waals surface area (Å²) in [5, 5.41) is 0. The van der Waals surface area contributed by atoms with E-state index in [0.717, 1.165) is 33.7 Å². The quantitative estimate of drug-likeness (QED) is 0.290. The molecule has 1 amide bonds. The smallest absolute Gasteiger partial charge is 0.348 e. The fourth-order valence-electron chi connectivity index (χ4n) is 2.80. The second-order valence-electron chi connectivity index (χ2n) is 6.07. The highest BCUT2D eigenvalue weighted by Crippen LogP contribution is 2.40. The van der Waals surface area contributed by atoms with E-state index in [9.17, 15) is 9.59 Å². The highest BCUT2D eigenvalue weighted by atomic mass is 32.2. The minimum atomic E-state index is -0.307. The van der Waals surface area contributed by atoms with Crippen LogP contribution in [0.25, 0.3) is 21.6 Å². The van der Waals surface area contributed by atoms with Gasteiger partial charge in [0.05, 0.1) is 6.61 Å². The van der Waals surface area contributed by atoms with Gasteiger partial charge in [-0.3, -0.25) is 4.79 Å². The average Bonchev–Trinajstić information content (AvgIpc) is 3.19. The van der Waals surface area contributed by atoms with Gasteiger partial charge in [-0.1, -0.05) is 24.3 Å². The van der Waals surface area contributed by atoms with Crippen molar-refractivity contribution in [3.05, 3.63) is 59.5 Å². The summed E-state index contributed by atoms with van der Waals surface area (Å²) in [5.41, 5.74) is 3.85. The number of esters is 1. The van der Waals surface area contributed by atoms with Crippen LogP contribution in [-0.2, 0) is 9.53 Å². The molecule has 0 unspecified atom stereocenters. The van der Waals surface area contributed by atoms with Crippen LogP contribution in [0.15, 0.2) is 59.5 Å². The Hall–Kier alpha value is -2.57.